The van der Waals surface area contributed by atoms with Crippen LogP contribution in [-0.2, 0) is 10.8 Å². The van der Waals surface area contributed by atoms with Crippen molar-refractivity contribution in [3.63, 3.8) is 0 Å². The summed E-state index contributed by atoms with van der Waals surface area (Å²) in [6, 6.07) is 0. The highest BCUT2D eigenvalue weighted by Crippen LogP contribution is 2.17. The molecule has 2 unspecified atom stereocenters. The first-order valence-electron chi connectivity index (χ1n) is 5.40. The lowest BCUT2D eigenvalue weighted by atomic mass is 10.2. The van der Waals surface area contributed by atoms with E-state index >= 15 is 0 Å². The molecule has 4 nitrogen and oxygen atoms in total. The van der Waals surface area contributed by atoms with Crippen LogP contribution in [0.2, 0.25) is 0 Å². The summed E-state index contributed by atoms with van der Waals surface area (Å²) < 4.78 is 15.4. The lowest BCUT2D eigenvalue weighted by molar-refractivity contribution is 0.672. The van der Waals surface area contributed by atoms with Gasteiger partial charge in [0, 0.05) is 46.3 Å². The van der Waals surface area contributed by atoms with Crippen LogP contribution >= 0.6 is 11.5 Å². The molecule has 92 valence electrons. The van der Waals surface area contributed by atoms with Crippen LogP contribution in [-0.4, -0.2) is 31.6 Å². The molecule has 0 aliphatic heterocycles. The summed E-state index contributed by atoms with van der Waals surface area (Å²) in [6.45, 7) is 6.95. The molecule has 0 saturated carbocycles. The molecular weight excluding hydrogens is 242 g/mol. The van der Waals surface area contributed by atoms with Crippen molar-refractivity contribution in [2.45, 2.75) is 38.4 Å². The van der Waals surface area contributed by atoms with Gasteiger partial charge in [-0.05, 0) is 6.42 Å². The van der Waals surface area contributed by atoms with Crippen molar-refractivity contribution >= 4 is 27.5 Å². The normalized spacial score (nSPS) is 15.1. The summed E-state index contributed by atoms with van der Waals surface area (Å²) in [5.41, 5.74) is 0. The minimum Gasteiger partial charge on any atom is -0.360 e. The highest BCUT2D eigenvalue weighted by Gasteiger charge is 2.08. The molecule has 1 rings (SSSR count). The van der Waals surface area contributed by atoms with E-state index in [1.54, 1.807) is 6.26 Å². The Morgan fingerprint density at radius 1 is 1.44 bits per heavy atom. The third kappa shape index (κ3) is 4.17. The molecule has 0 aromatic carbocycles. The van der Waals surface area contributed by atoms with Crippen molar-refractivity contribution in [1.29, 1.82) is 0 Å². The molecule has 1 aromatic rings. The molecular formula is C10H19N3OS2. The Balaban J connectivity index is 2.34. The Morgan fingerprint density at radius 3 is 2.62 bits per heavy atom. The number of aromatic nitrogens is 2. The predicted molar refractivity (Wildman–Crippen MR) is 70.6 cm³/mol. The van der Waals surface area contributed by atoms with Gasteiger partial charge in [0.25, 0.3) is 0 Å². The number of nitrogens with zero attached hydrogens (tertiary/aromatic N) is 2. The zero-order chi connectivity index (χ0) is 12.1. The maximum atomic E-state index is 11.1. The van der Waals surface area contributed by atoms with Crippen LogP contribution < -0.4 is 5.32 Å². The van der Waals surface area contributed by atoms with Crippen LogP contribution in [0.15, 0.2) is 0 Å². The number of rotatable bonds is 6. The third-order valence-corrected chi connectivity index (χ3v) is 4.41. The molecule has 0 aliphatic carbocycles. The maximum absolute atomic E-state index is 11.1. The SMILES string of the molecule is CC(C)c1nsc(NCCC(C)S(C)=O)n1. The molecule has 0 bridgehead atoms. The van der Waals surface area contributed by atoms with E-state index in [1.807, 2.05) is 6.92 Å². The second-order valence-corrected chi connectivity index (χ2v) is 6.69. The third-order valence-electron chi connectivity index (χ3n) is 2.35. The minimum absolute atomic E-state index is 0.227. The molecule has 2 atom stereocenters. The van der Waals surface area contributed by atoms with Gasteiger partial charge in [-0.1, -0.05) is 20.8 Å². The molecule has 0 spiro atoms. The Labute approximate surface area is 103 Å². The van der Waals surface area contributed by atoms with Crippen molar-refractivity contribution in [2.24, 2.45) is 0 Å². The van der Waals surface area contributed by atoms with E-state index in [-0.39, 0.29) is 5.25 Å². The van der Waals surface area contributed by atoms with Crippen LogP contribution in [0.4, 0.5) is 5.13 Å². The van der Waals surface area contributed by atoms with Gasteiger partial charge in [-0.25, -0.2) is 4.98 Å². The van der Waals surface area contributed by atoms with Crippen molar-refractivity contribution < 1.29 is 4.21 Å². The molecule has 1 heterocycles. The molecule has 0 fully saturated rings. The van der Waals surface area contributed by atoms with Crippen LogP contribution in [0.5, 0.6) is 0 Å². The number of anilines is 1. The average molecular weight is 261 g/mol. The molecule has 6 heteroatoms. The fourth-order valence-corrected chi connectivity index (χ4v) is 2.27. The Morgan fingerprint density at radius 2 is 2.12 bits per heavy atom. The number of nitrogens with one attached hydrogen (secondary N) is 1. The summed E-state index contributed by atoms with van der Waals surface area (Å²) in [5, 5.41) is 4.30. The largest absolute Gasteiger partial charge is 0.360 e. The monoisotopic (exact) mass is 261 g/mol. The van der Waals surface area contributed by atoms with Gasteiger partial charge >= 0.3 is 0 Å². The number of hydrogen-bond acceptors (Lipinski definition) is 5. The molecule has 0 amide bonds. The van der Waals surface area contributed by atoms with Crippen LogP contribution in [0, 0.1) is 0 Å². The summed E-state index contributed by atoms with van der Waals surface area (Å²) in [4.78, 5) is 4.37. The van der Waals surface area contributed by atoms with Crippen molar-refractivity contribution in [1.82, 2.24) is 9.36 Å². The van der Waals surface area contributed by atoms with Gasteiger partial charge in [0.05, 0.1) is 0 Å². The van der Waals surface area contributed by atoms with Gasteiger partial charge < -0.3 is 5.32 Å². The molecule has 16 heavy (non-hydrogen) atoms. The Bertz CT molecular complexity index is 352. The fourth-order valence-electron chi connectivity index (χ4n) is 1.09. The predicted octanol–water partition coefficient (Wildman–Crippen LogP) is 2.23. The van der Waals surface area contributed by atoms with E-state index in [0.717, 1.165) is 23.9 Å². The van der Waals surface area contributed by atoms with Gasteiger partial charge in [-0.3, -0.25) is 4.21 Å². The lowest BCUT2D eigenvalue weighted by Crippen LogP contribution is -2.14. The fraction of sp³-hybridized carbons (Fsp3) is 0.800. The maximum Gasteiger partial charge on any atom is 0.202 e. The van der Waals surface area contributed by atoms with Gasteiger partial charge in [-0.2, -0.15) is 4.37 Å². The highest BCUT2D eigenvalue weighted by atomic mass is 32.2. The van der Waals surface area contributed by atoms with Crippen molar-refractivity contribution in [2.75, 3.05) is 18.1 Å². The van der Waals surface area contributed by atoms with E-state index in [4.69, 9.17) is 0 Å². The average Bonchev–Trinajstić information content (AvgIpc) is 2.66. The summed E-state index contributed by atoms with van der Waals surface area (Å²) in [5.74, 6) is 1.26. The first-order chi connectivity index (χ1) is 7.50. The van der Waals surface area contributed by atoms with Gasteiger partial charge in [0.15, 0.2) is 0 Å². The van der Waals surface area contributed by atoms with E-state index in [1.165, 1.54) is 11.5 Å². The zero-order valence-corrected chi connectivity index (χ0v) is 11.8. The van der Waals surface area contributed by atoms with Crippen LogP contribution in [0.25, 0.3) is 0 Å². The summed E-state index contributed by atoms with van der Waals surface area (Å²) >= 11 is 1.39. The zero-order valence-electron chi connectivity index (χ0n) is 10.2. The molecule has 1 N–H and O–H groups in total. The van der Waals surface area contributed by atoms with Gasteiger partial charge in [0.2, 0.25) is 5.13 Å². The molecule has 1 aromatic heterocycles. The second kappa shape index (κ2) is 6.30. The van der Waals surface area contributed by atoms with Crippen molar-refractivity contribution in [3.05, 3.63) is 5.82 Å². The summed E-state index contributed by atoms with van der Waals surface area (Å²) in [7, 11) is -0.743. The van der Waals surface area contributed by atoms with Gasteiger partial charge in [-0.15, -0.1) is 0 Å². The quantitative estimate of drug-likeness (QED) is 0.853. The van der Waals surface area contributed by atoms with Crippen LogP contribution in [0.1, 0.15) is 38.9 Å². The van der Waals surface area contributed by atoms with E-state index in [0.29, 0.717) is 5.92 Å². The highest BCUT2D eigenvalue weighted by molar-refractivity contribution is 7.84. The molecule has 0 radical (unpaired) electrons. The van der Waals surface area contributed by atoms with E-state index < -0.39 is 10.8 Å². The van der Waals surface area contributed by atoms with Crippen molar-refractivity contribution in [3.8, 4) is 0 Å². The van der Waals surface area contributed by atoms with E-state index in [9.17, 15) is 4.21 Å². The minimum atomic E-state index is -0.743. The Hall–Kier alpha value is -0.490. The number of hydrogen-bond donors (Lipinski definition) is 1. The summed E-state index contributed by atoms with van der Waals surface area (Å²) in [6.07, 6.45) is 2.63. The van der Waals surface area contributed by atoms with Crippen LogP contribution in [0.3, 0.4) is 0 Å². The first kappa shape index (κ1) is 13.6. The van der Waals surface area contributed by atoms with E-state index in [2.05, 4.69) is 28.5 Å². The topological polar surface area (TPSA) is 54.9 Å². The standard InChI is InChI=1S/C10H19N3OS2/c1-7(2)9-12-10(15-13-9)11-6-5-8(3)16(4)14/h7-8H,5-6H2,1-4H3,(H,11,12,13). The molecule has 0 aliphatic rings. The Kier molecular flexibility index (Phi) is 5.34. The van der Waals surface area contributed by atoms with Gasteiger partial charge in [0.1, 0.15) is 5.82 Å². The smallest absolute Gasteiger partial charge is 0.202 e. The molecule has 0 saturated heterocycles. The lowest BCUT2D eigenvalue weighted by Gasteiger charge is -2.07. The second-order valence-electron chi connectivity index (χ2n) is 4.14. The first-order valence-corrected chi connectivity index (χ1v) is 7.80.